The molecular formula is C14H19NO2. The normalized spacial score (nSPS) is 19.5. The van der Waals surface area contributed by atoms with Gasteiger partial charge in [-0.15, -0.1) is 0 Å². The van der Waals surface area contributed by atoms with Crippen molar-refractivity contribution in [2.75, 3.05) is 6.61 Å². The molecule has 0 aliphatic carbocycles. The van der Waals surface area contributed by atoms with Crippen molar-refractivity contribution in [2.45, 2.75) is 39.8 Å². The Hall–Kier alpha value is -1.35. The number of hydrogen-bond acceptors (Lipinski definition) is 3. The first-order valence-corrected chi connectivity index (χ1v) is 6.04. The molecular weight excluding hydrogens is 214 g/mol. The summed E-state index contributed by atoms with van der Waals surface area (Å²) in [6.07, 6.45) is 0.781. The molecule has 1 fully saturated rings. The first-order valence-electron chi connectivity index (χ1n) is 6.04. The predicted octanol–water partition coefficient (Wildman–Crippen LogP) is 2.02. The number of aryl methyl sites for hydroxylation is 3. The lowest BCUT2D eigenvalue weighted by atomic mass is 9.99. The summed E-state index contributed by atoms with van der Waals surface area (Å²) < 4.78 is 4.93. The number of hydrogen-bond donors (Lipinski definition) is 1. The van der Waals surface area contributed by atoms with Crippen molar-refractivity contribution in [1.82, 2.24) is 5.32 Å². The van der Waals surface area contributed by atoms with E-state index >= 15 is 0 Å². The maximum absolute atomic E-state index is 11.3. The van der Waals surface area contributed by atoms with Crippen LogP contribution in [0.1, 0.15) is 28.7 Å². The maximum atomic E-state index is 11.3. The summed E-state index contributed by atoms with van der Waals surface area (Å²) in [5, 5.41) is 3.27. The minimum atomic E-state index is -0.130. The first kappa shape index (κ1) is 12.1. The van der Waals surface area contributed by atoms with Crippen molar-refractivity contribution in [1.29, 1.82) is 0 Å². The number of carbonyl (C=O) groups is 1. The van der Waals surface area contributed by atoms with Crippen molar-refractivity contribution in [3.8, 4) is 0 Å². The molecule has 3 nitrogen and oxygen atoms in total. The Morgan fingerprint density at radius 3 is 2.47 bits per heavy atom. The van der Waals surface area contributed by atoms with Gasteiger partial charge in [0.05, 0.1) is 6.61 Å². The van der Waals surface area contributed by atoms with Crippen molar-refractivity contribution in [3.63, 3.8) is 0 Å². The standard InChI is InChI=1S/C14H19NO2/c1-9-6-10(2)12(11(3)7-9)8-15-13-4-5-17-14(13)16/h6-7,13,15H,4-5,8H2,1-3H3. The number of nitrogens with one attached hydrogen (secondary N) is 1. The Labute approximate surface area is 102 Å². The second kappa shape index (κ2) is 4.88. The van der Waals surface area contributed by atoms with Gasteiger partial charge in [0.25, 0.3) is 0 Å². The molecule has 0 amide bonds. The molecule has 0 radical (unpaired) electrons. The number of cyclic esters (lactones) is 1. The van der Waals surface area contributed by atoms with E-state index in [0.29, 0.717) is 6.61 Å². The summed E-state index contributed by atoms with van der Waals surface area (Å²) >= 11 is 0. The zero-order chi connectivity index (χ0) is 12.4. The third-order valence-corrected chi connectivity index (χ3v) is 3.30. The van der Waals surface area contributed by atoms with Gasteiger partial charge in [0, 0.05) is 13.0 Å². The van der Waals surface area contributed by atoms with Crippen LogP contribution < -0.4 is 5.32 Å². The fraction of sp³-hybridized carbons (Fsp3) is 0.500. The highest BCUT2D eigenvalue weighted by Crippen LogP contribution is 2.17. The molecule has 0 bridgehead atoms. The third kappa shape index (κ3) is 2.67. The van der Waals surface area contributed by atoms with E-state index in [4.69, 9.17) is 4.74 Å². The van der Waals surface area contributed by atoms with Gasteiger partial charge in [0.2, 0.25) is 0 Å². The van der Waals surface area contributed by atoms with Crippen LogP contribution in [0, 0.1) is 20.8 Å². The quantitative estimate of drug-likeness (QED) is 0.812. The van der Waals surface area contributed by atoms with Crippen LogP contribution >= 0.6 is 0 Å². The van der Waals surface area contributed by atoms with E-state index in [0.717, 1.165) is 13.0 Å². The second-order valence-corrected chi connectivity index (χ2v) is 4.77. The summed E-state index contributed by atoms with van der Waals surface area (Å²) in [6, 6.07) is 4.23. The fourth-order valence-electron chi connectivity index (χ4n) is 2.40. The first-order chi connectivity index (χ1) is 8.08. The summed E-state index contributed by atoms with van der Waals surface area (Å²) in [5.74, 6) is -0.118. The van der Waals surface area contributed by atoms with Crippen LogP contribution in [-0.4, -0.2) is 18.6 Å². The van der Waals surface area contributed by atoms with E-state index in [-0.39, 0.29) is 12.0 Å². The molecule has 3 heteroatoms. The van der Waals surface area contributed by atoms with E-state index in [1.807, 2.05) is 0 Å². The van der Waals surface area contributed by atoms with Crippen LogP contribution in [-0.2, 0) is 16.1 Å². The molecule has 1 aromatic rings. The largest absolute Gasteiger partial charge is 0.464 e. The highest BCUT2D eigenvalue weighted by molar-refractivity contribution is 5.77. The van der Waals surface area contributed by atoms with E-state index in [9.17, 15) is 4.79 Å². The molecule has 1 heterocycles. The average Bonchev–Trinajstić information content (AvgIpc) is 2.62. The highest BCUT2D eigenvalue weighted by atomic mass is 16.5. The maximum Gasteiger partial charge on any atom is 0.323 e. The van der Waals surface area contributed by atoms with Crippen molar-refractivity contribution >= 4 is 5.97 Å². The molecule has 1 unspecified atom stereocenters. The monoisotopic (exact) mass is 233 g/mol. The molecule has 1 atom stereocenters. The Morgan fingerprint density at radius 2 is 1.94 bits per heavy atom. The van der Waals surface area contributed by atoms with E-state index in [1.165, 1.54) is 22.3 Å². The van der Waals surface area contributed by atoms with Gasteiger partial charge in [-0.25, -0.2) is 0 Å². The average molecular weight is 233 g/mol. The molecule has 2 rings (SSSR count). The lowest BCUT2D eigenvalue weighted by Gasteiger charge is -2.14. The zero-order valence-electron chi connectivity index (χ0n) is 10.7. The number of ether oxygens (including phenoxy) is 1. The molecule has 0 aromatic heterocycles. The molecule has 1 aliphatic rings. The van der Waals surface area contributed by atoms with Crippen molar-refractivity contribution in [2.24, 2.45) is 0 Å². The van der Waals surface area contributed by atoms with E-state index in [2.05, 4.69) is 38.2 Å². The lowest BCUT2D eigenvalue weighted by Crippen LogP contribution is -2.32. The summed E-state index contributed by atoms with van der Waals surface area (Å²) in [4.78, 5) is 11.3. The van der Waals surface area contributed by atoms with Gasteiger partial charge < -0.3 is 10.1 Å². The van der Waals surface area contributed by atoms with Crippen LogP contribution in [0.5, 0.6) is 0 Å². The van der Waals surface area contributed by atoms with Crippen LogP contribution in [0.4, 0.5) is 0 Å². The number of benzene rings is 1. The van der Waals surface area contributed by atoms with Crippen LogP contribution in [0.3, 0.4) is 0 Å². The van der Waals surface area contributed by atoms with Crippen molar-refractivity contribution < 1.29 is 9.53 Å². The molecule has 1 N–H and O–H groups in total. The highest BCUT2D eigenvalue weighted by Gasteiger charge is 2.25. The van der Waals surface area contributed by atoms with Gasteiger partial charge in [-0.3, -0.25) is 4.79 Å². The van der Waals surface area contributed by atoms with Gasteiger partial charge in [0.15, 0.2) is 0 Å². The molecule has 0 saturated carbocycles. The number of carbonyl (C=O) groups excluding carboxylic acids is 1. The second-order valence-electron chi connectivity index (χ2n) is 4.77. The van der Waals surface area contributed by atoms with Gasteiger partial charge in [-0.1, -0.05) is 17.7 Å². The number of esters is 1. The smallest absolute Gasteiger partial charge is 0.323 e. The van der Waals surface area contributed by atoms with Gasteiger partial charge in [-0.2, -0.15) is 0 Å². The predicted molar refractivity (Wildman–Crippen MR) is 66.9 cm³/mol. The SMILES string of the molecule is Cc1cc(C)c(CNC2CCOC2=O)c(C)c1. The Kier molecular flexibility index (Phi) is 3.48. The summed E-state index contributed by atoms with van der Waals surface area (Å²) in [6.45, 7) is 7.61. The topological polar surface area (TPSA) is 38.3 Å². The fourth-order valence-corrected chi connectivity index (χ4v) is 2.40. The zero-order valence-corrected chi connectivity index (χ0v) is 10.7. The molecule has 0 spiro atoms. The van der Waals surface area contributed by atoms with Crippen LogP contribution in [0.15, 0.2) is 12.1 Å². The van der Waals surface area contributed by atoms with Crippen molar-refractivity contribution in [3.05, 3.63) is 34.4 Å². The number of rotatable bonds is 3. The molecule has 1 aliphatic heterocycles. The van der Waals surface area contributed by atoms with Crippen LogP contribution in [0.2, 0.25) is 0 Å². The van der Waals surface area contributed by atoms with Gasteiger partial charge in [0.1, 0.15) is 6.04 Å². The third-order valence-electron chi connectivity index (χ3n) is 3.30. The van der Waals surface area contributed by atoms with E-state index in [1.54, 1.807) is 0 Å². The van der Waals surface area contributed by atoms with Crippen LogP contribution in [0.25, 0.3) is 0 Å². The minimum Gasteiger partial charge on any atom is -0.464 e. The van der Waals surface area contributed by atoms with Gasteiger partial charge in [-0.05, 0) is 37.5 Å². The molecule has 92 valence electrons. The molecule has 1 saturated heterocycles. The van der Waals surface area contributed by atoms with Gasteiger partial charge >= 0.3 is 5.97 Å². The lowest BCUT2D eigenvalue weighted by molar-refractivity contribution is -0.139. The Bertz CT molecular complexity index is 417. The van der Waals surface area contributed by atoms with E-state index < -0.39 is 0 Å². The Morgan fingerprint density at radius 1 is 1.29 bits per heavy atom. The molecule has 1 aromatic carbocycles. The summed E-state index contributed by atoms with van der Waals surface area (Å²) in [5.41, 5.74) is 5.13. The molecule has 17 heavy (non-hydrogen) atoms. The summed E-state index contributed by atoms with van der Waals surface area (Å²) in [7, 11) is 0. The minimum absolute atomic E-state index is 0.118. The Balaban J connectivity index is 2.06.